The lowest BCUT2D eigenvalue weighted by Gasteiger charge is -2.27. The molecule has 2 aromatic heterocycles. The number of aromatic nitrogens is 3. The predicted octanol–water partition coefficient (Wildman–Crippen LogP) is -0.308. The SMILES string of the molecule is O=S(=O)(NCCNc1cc(N2CCOCC2)ncn1)c1cnoc1. The number of morpholine rings is 1. The summed E-state index contributed by atoms with van der Waals surface area (Å²) in [6.07, 6.45) is 3.71. The summed E-state index contributed by atoms with van der Waals surface area (Å²) >= 11 is 0. The van der Waals surface area contributed by atoms with Crippen LogP contribution < -0.4 is 14.9 Å². The highest BCUT2D eigenvalue weighted by Crippen LogP contribution is 2.15. The van der Waals surface area contributed by atoms with Gasteiger partial charge in [-0.2, -0.15) is 0 Å². The largest absolute Gasteiger partial charge is 0.378 e. The Morgan fingerprint density at radius 2 is 2.04 bits per heavy atom. The van der Waals surface area contributed by atoms with Gasteiger partial charge in [-0.15, -0.1) is 0 Å². The topological polar surface area (TPSA) is 122 Å². The maximum atomic E-state index is 11.9. The molecule has 24 heavy (non-hydrogen) atoms. The Kier molecular flexibility index (Phi) is 5.23. The summed E-state index contributed by atoms with van der Waals surface area (Å²) in [7, 11) is -3.60. The van der Waals surface area contributed by atoms with Gasteiger partial charge in [-0.1, -0.05) is 5.16 Å². The van der Waals surface area contributed by atoms with Gasteiger partial charge in [0.15, 0.2) is 0 Å². The number of anilines is 2. The van der Waals surface area contributed by atoms with E-state index < -0.39 is 10.0 Å². The molecule has 11 heteroatoms. The zero-order chi connectivity index (χ0) is 16.8. The lowest BCUT2D eigenvalue weighted by atomic mass is 10.4. The van der Waals surface area contributed by atoms with Crippen molar-refractivity contribution in [2.45, 2.75) is 4.90 Å². The van der Waals surface area contributed by atoms with E-state index in [4.69, 9.17) is 4.74 Å². The first-order valence-corrected chi connectivity index (χ1v) is 8.91. The Labute approximate surface area is 139 Å². The Morgan fingerprint density at radius 3 is 2.79 bits per heavy atom. The molecule has 130 valence electrons. The predicted molar refractivity (Wildman–Crippen MR) is 85.2 cm³/mol. The van der Waals surface area contributed by atoms with Crippen LogP contribution in [0.3, 0.4) is 0 Å². The van der Waals surface area contributed by atoms with E-state index in [1.54, 1.807) is 0 Å². The number of nitrogens with zero attached hydrogens (tertiary/aromatic N) is 4. The molecule has 0 saturated carbocycles. The molecular weight excluding hydrogens is 336 g/mol. The van der Waals surface area contributed by atoms with E-state index in [1.807, 2.05) is 6.07 Å². The number of hydrogen-bond acceptors (Lipinski definition) is 9. The molecule has 10 nitrogen and oxygen atoms in total. The molecule has 1 aliphatic rings. The molecule has 2 aromatic rings. The first-order valence-electron chi connectivity index (χ1n) is 7.43. The molecule has 0 aromatic carbocycles. The summed E-state index contributed by atoms with van der Waals surface area (Å²) in [6.45, 7) is 3.51. The highest BCUT2D eigenvalue weighted by atomic mass is 32.2. The molecule has 0 radical (unpaired) electrons. The molecule has 0 unspecified atom stereocenters. The first kappa shape index (κ1) is 16.6. The van der Waals surface area contributed by atoms with Crippen molar-refractivity contribution in [1.82, 2.24) is 19.8 Å². The van der Waals surface area contributed by atoms with Gasteiger partial charge in [-0.05, 0) is 0 Å². The van der Waals surface area contributed by atoms with Crippen LogP contribution in [0.25, 0.3) is 0 Å². The number of sulfonamides is 1. The Morgan fingerprint density at radius 1 is 1.21 bits per heavy atom. The summed E-state index contributed by atoms with van der Waals surface area (Å²) < 4.78 is 36.1. The molecule has 0 atom stereocenters. The fourth-order valence-corrected chi connectivity index (χ4v) is 3.09. The summed E-state index contributed by atoms with van der Waals surface area (Å²) in [4.78, 5) is 10.5. The van der Waals surface area contributed by atoms with E-state index >= 15 is 0 Å². The van der Waals surface area contributed by atoms with Gasteiger partial charge in [-0.3, -0.25) is 0 Å². The molecule has 2 N–H and O–H groups in total. The summed E-state index contributed by atoms with van der Waals surface area (Å²) in [5, 5.41) is 6.45. The van der Waals surface area contributed by atoms with E-state index in [0.29, 0.717) is 25.6 Å². The van der Waals surface area contributed by atoms with Gasteiger partial charge in [0.05, 0.1) is 19.4 Å². The zero-order valence-corrected chi connectivity index (χ0v) is 13.7. The Bertz CT molecular complexity index is 746. The Balaban J connectivity index is 1.50. The van der Waals surface area contributed by atoms with Crippen molar-refractivity contribution in [2.24, 2.45) is 0 Å². The molecule has 0 amide bonds. The van der Waals surface area contributed by atoms with Gasteiger partial charge >= 0.3 is 0 Å². The minimum Gasteiger partial charge on any atom is -0.378 e. The molecule has 0 aliphatic carbocycles. The van der Waals surface area contributed by atoms with Crippen molar-refractivity contribution in [3.8, 4) is 0 Å². The molecule has 3 heterocycles. The number of hydrogen-bond donors (Lipinski definition) is 2. The van der Waals surface area contributed by atoms with Crippen LogP contribution >= 0.6 is 0 Å². The van der Waals surface area contributed by atoms with Gasteiger partial charge in [0.2, 0.25) is 10.0 Å². The van der Waals surface area contributed by atoms with Crippen molar-refractivity contribution >= 4 is 21.7 Å². The van der Waals surface area contributed by atoms with Gasteiger partial charge in [0.1, 0.15) is 29.1 Å². The third-order valence-corrected chi connectivity index (χ3v) is 4.84. The molecule has 0 bridgehead atoms. The maximum absolute atomic E-state index is 11.9. The Hall–Kier alpha value is -2.24. The van der Waals surface area contributed by atoms with E-state index in [1.165, 1.54) is 6.33 Å². The van der Waals surface area contributed by atoms with E-state index in [2.05, 4.69) is 34.6 Å². The molecular formula is C13H18N6O4S. The average molecular weight is 354 g/mol. The van der Waals surface area contributed by atoms with Crippen LogP contribution in [-0.2, 0) is 14.8 Å². The van der Waals surface area contributed by atoms with E-state index in [9.17, 15) is 8.42 Å². The van der Waals surface area contributed by atoms with Gasteiger partial charge in [0.25, 0.3) is 0 Å². The van der Waals surface area contributed by atoms with Gasteiger partial charge in [-0.25, -0.2) is 23.1 Å². The first-order chi connectivity index (χ1) is 11.6. The third-order valence-electron chi connectivity index (χ3n) is 3.43. The van der Waals surface area contributed by atoms with Crippen molar-refractivity contribution in [1.29, 1.82) is 0 Å². The zero-order valence-electron chi connectivity index (χ0n) is 12.9. The van der Waals surface area contributed by atoms with Crippen molar-refractivity contribution in [3.63, 3.8) is 0 Å². The van der Waals surface area contributed by atoms with E-state index in [0.717, 1.165) is 31.4 Å². The molecule has 1 saturated heterocycles. The van der Waals surface area contributed by atoms with Crippen LogP contribution in [0.5, 0.6) is 0 Å². The lowest BCUT2D eigenvalue weighted by Crippen LogP contribution is -2.36. The second-order valence-corrected chi connectivity index (χ2v) is 6.81. The summed E-state index contributed by atoms with van der Waals surface area (Å²) in [6, 6.07) is 1.83. The monoisotopic (exact) mass is 354 g/mol. The van der Waals surface area contributed by atoms with Crippen molar-refractivity contribution < 1.29 is 17.7 Å². The van der Waals surface area contributed by atoms with Crippen molar-refractivity contribution in [3.05, 3.63) is 24.9 Å². The van der Waals surface area contributed by atoms with Crippen LogP contribution in [0.15, 0.2) is 34.3 Å². The van der Waals surface area contributed by atoms with Crippen LogP contribution in [0, 0.1) is 0 Å². The highest BCUT2D eigenvalue weighted by molar-refractivity contribution is 7.89. The van der Waals surface area contributed by atoms with Crippen LogP contribution in [0.1, 0.15) is 0 Å². The second kappa shape index (κ2) is 7.55. The molecule has 1 fully saturated rings. The van der Waals surface area contributed by atoms with Crippen LogP contribution in [-0.4, -0.2) is 62.9 Å². The summed E-state index contributed by atoms with van der Waals surface area (Å²) in [5.74, 6) is 1.46. The number of nitrogens with one attached hydrogen (secondary N) is 2. The average Bonchev–Trinajstić information content (AvgIpc) is 3.16. The van der Waals surface area contributed by atoms with E-state index in [-0.39, 0.29) is 11.4 Å². The molecule has 0 spiro atoms. The molecule has 1 aliphatic heterocycles. The lowest BCUT2D eigenvalue weighted by molar-refractivity contribution is 0.122. The van der Waals surface area contributed by atoms with Gasteiger partial charge in [0, 0.05) is 32.2 Å². The quantitative estimate of drug-likeness (QED) is 0.645. The summed E-state index contributed by atoms with van der Waals surface area (Å²) in [5.41, 5.74) is 0. The minimum atomic E-state index is -3.60. The van der Waals surface area contributed by atoms with Crippen LogP contribution in [0.2, 0.25) is 0 Å². The fraction of sp³-hybridized carbons (Fsp3) is 0.462. The van der Waals surface area contributed by atoms with Crippen molar-refractivity contribution in [2.75, 3.05) is 49.6 Å². The maximum Gasteiger partial charge on any atom is 0.245 e. The third kappa shape index (κ3) is 4.19. The highest BCUT2D eigenvalue weighted by Gasteiger charge is 2.15. The van der Waals surface area contributed by atoms with Crippen LogP contribution in [0.4, 0.5) is 11.6 Å². The smallest absolute Gasteiger partial charge is 0.245 e. The standard InChI is InChI=1S/C13H18N6O4S/c20-24(21,11-8-17-23-9-11)18-2-1-14-12-7-13(16-10-15-12)19-3-5-22-6-4-19/h7-10,18H,1-6H2,(H,14,15,16). The fourth-order valence-electron chi connectivity index (χ4n) is 2.20. The minimum absolute atomic E-state index is 0.000796. The number of rotatable bonds is 7. The molecule has 3 rings (SSSR count). The normalized spacial score (nSPS) is 15.4. The number of ether oxygens (including phenoxy) is 1. The van der Waals surface area contributed by atoms with Gasteiger partial charge < -0.3 is 19.5 Å². The second-order valence-electron chi connectivity index (χ2n) is 5.05.